The van der Waals surface area contributed by atoms with Gasteiger partial charge in [0, 0.05) is 0 Å². The summed E-state index contributed by atoms with van der Waals surface area (Å²) < 4.78 is 0. The molecule has 2 aromatic heterocycles. The van der Waals surface area contributed by atoms with Crippen molar-refractivity contribution in [3.05, 3.63) is 18.9 Å². The Morgan fingerprint density at radius 3 is 2.73 bits per heavy atom. The molecule has 0 aromatic carbocycles. The lowest BCUT2D eigenvalue weighted by atomic mass is 10.6. The van der Waals surface area contributed by atoms with Gasteiger partial charge in [-0.15, -0.1) is 0 Å². The highest BCUT2D eigenvalue weighted by Crippen LogP contribution is 1.99. The van der Waals surface area contributed by atoms with Gasteiger partial charge < -0.3 is 4.98 Å². The zero-order chi connectivity index (χ0) is 6.10. The fourth-order valence-electron chi connectivity index (χ4n) is 0.691. The number of hydrogen-bond donors (Lipinski definition) is 1. The maximum atomic E-state index is 3.91. The van der Waals surface area contributed by atoms with E-state index in [0.717, 1.165) is 5.52 Å². The summed E-state index contributed by atoms with van der Waals surface area (Å²) in [6, 6.07) is 0. The minimum Gasteiger partial charge on any atom is -0.342 e. The lowest BCUT2D eigenvalue weighted by molar-refractivity contribution is 1.20. The number of aromatic nitrogens is 4. The van der Waals surface area contributed by atoms with Crippen molar-refractivity contribution in [3.63, 3.8) is 0 Å². The van der Waals surface area contributed by atoms with Crippen molar-refractivity contribution in [3.8, 4) is 0 Å². The number of nitrogens with zero attached hydrogens (tertiary/aromatic N) is 3. The van der Waals surface area contributed by atoms with Crippen molar-refractivity contribution in [2.45, 2.75) is 0 Å². The number of rotatable bonds is 0. The van der Waals surface area contributed by atoms with Gasteiger partial charge in [0.1, 0.15) is 11.8 Å². The molecule has 0 radical (unpaired) electrons. The van der Waals surface area contributed by atoms with Crippen molar-refractivity contribution < 1.29 is 0 Å². The van der Waals surface area contributed by atoms with Crippen LogP contribution in [0.1, 0.15) is 0 Å². The van der Waals surface area contributed by atoms with Crippen LogP contribution in [-0.4, -0.2) is 19.9 Å². The predicted octanol–water partition coefficient (Wildman–Crippen LogP) is 0.578. The summed E-state index contributed by atoms with van der Waals surface area (Å²) in [5.74, 6) is 0. The molecule has 2 aromatic rings. The van der Waals surface area contributed by atoms with Crippen LogP contribution in [0, 0.1) is 0 Å². The van der Waals surface area contributed by atoms with Crippen LogP contribution in [0.15, 0.2) is 18.9 Å². The maximum absolute atomic E-state index is 3.91. The van der Waals surface area contributed by atoms with E-state index in [4.69, 9.17) is 0 Å². The quantitative estimate of drug-likeness (QED) is 0.658. The van der Waals surface area contributed by atoms with E-state index >= 15 is 0 Å². The molecular weight excluding hydrogens is 180 g/mol. The number of aromatic amines is 1. The van der Waals surface area contributed by atoms with Crippen molar-refractivity contribution in [1.29, 1.82) is 0 Å². The van der Waals surface area contributed by atoms with Gasteiger partial charge in [0.05, 0.1) is 12.5 Å². The largest absolute Gasteiger partial charge is 0.342 e. The van der Waals surface area contributed by atoms with Crippen molar-refractivity contribution in [2.24, 2.45) is 0 Å². The lowest BCUT2D eigenvalue weighted by Gasteiger charge is -1.80. The maximum Gasteiger partial charge on any atom is 0.180 e. The van der Waals surface area contributed by atoms with Gasteiger partial charge in [-0.2, -0.15) is 27.0 Å². The minimum absolute atomic E-state index is 0. The fraction of sp³-hybridized carbons (Fsp3) is 0. The summed E-state index contributed by atoms with van der Waals surface area (Å²) in [6.07, 6.45) is 4.76. The molecule has 60 valence electrons. The molecule has 2 heterocycles. The second-order valence-corrected chi connectivity index (χ2v) is 1.66. The summed E-state index contributed by atoms with van der Waals surface area (Å²) in [5.41, 5.74) is 1.59. The molecule has 0 atom stereocenters. The molecule has 11 heavy (non-hydrogen) atoms. The molecule has 0 aliphatic carbocycles. The van der Waals surface area contributed by atoms with E-state index in [1.54, 1.807) is 12.5 Å². The molecule has 0 saturated heterocycles. The zero-order valence-electron chi connectivity index (χ0n) is 5.57. The molecule has 0 saturated carbocycles. The van der Waals surface area contributed by atoms with Gasteiger partial charge in [-0.05, 0) is 0 Å². The number of hydrogen-bond acceptors (Lipinski definition) is 3. The van der Waals surface area contributed by atoms with Gasteiger partial charge in [0.15, 0.2) is 5.65 Å². The van der Waals surface area contributed by atoms with Gasteiger partial charge >= 0.3 is 0 Å². The number of nitrogens with one attached hydrogen (secondary N) is 1. The van der Waals surface area contributed by atoms with Gasteiger partial charge in [0.2, 0.25) is 0 Å². The topological polar surface area (TPSA) is 54.5 Å². The molecule has 0 amide bonds. The smallest absolute Gasteiger partial charge is 0.180 e. The number of H-pyrrole nitrogens is 1. The molecule has 0 aliphatic heterocycles. The Morgan fingerprint density at radius 1 is 1.18 bits per heavy atom. The second kappa shape index (κ2) is 4.20. The molecule has 4 nitrogen and oxygen atoms in total. The average molecular weight is 188 g/mol. The molecular formula is C5H8N4S2. The first-order valence-electron chi connectivity index (χ1n) is 2.56. The van der Waals surface area contributed by atoms with Crippen LogP contribution in [0.3, 0.4) is 0 Å². The van der Waals surface area contributed by atoms with Crippen LogP contribution in [0.2, 0.25) is 0 Å². The highest BCUT2D eigenvalue weighted by Gasteiger charge is 1.91. The molecule has 2 rings (SSSR count). The summed E-state index contributed by atoms with van der Waals surface area (Å²) in [5, 5.41) is 0. The van der Waals surface area contributed by atoms with E-state index in [2.05, 4.69) is 19.9 Å². The predicted molar refractivity (Wildman–Crippen MR) is 52.4 cm³/mol. The van der Waals surface area contributed by atoms with E-state index in [1.807, 2.05) is 0 Å². The first-order valence-corrected chi connectivity index (χ1v) is 2.56. The molecule has 0 spiro atoms. The van der Waals surface area contributed by atoms with Crippen molar-refractivity contribution in [2.75, 3.05) is 0 Å². The molecule has 0 aliphatic rings. The van der Waals surface area contributed by atoms with E-state index in [9.17, 15) is 0 Å². The third-order valence-corrected chi connectivity index (χ3v) is 1.10. The fourth-order valence-corrected chi connectivity index (χ4v) is 0.691. The Kier molecular flexibility index (Phi) is 3.91. The molecule has 0 bridgehead atoms. The summed E-state index contributed by atoms with van der Waals surface area (Å²) in [4.78, 5) is 14.5. The second-order valence-electron chi connectivity index (χ2n) is 1.66. The first kappa shape index (κ1) is 10.2. The van der Waals surface area contributed by atoms with E-state index < -0.39 is 0 Å². The SMILES string of the molecule is S.S.c1ncc2[nH]cnc2n1. The van der Waals surface area contributed by atoms with Gasteiger partial charge in [0.25, 0.3) is 0 Å². The van der Waals surface area contributed by atoms with Crippen molar-refractivity contribution in [1.82, 2.24) is 19.9 Å². The number of imidazole rings is 1. The summed E-state index contributed by atoms with van der Waals surface area (Å²) in [7, 11) is 0. The Hall–Kier alpha value is -0.750. The Balaban J connectivity index is 0.000000500. The van der Waals surface area contributed by atoms with Crippen LogP contribution >= 0.6 is 27.0 Å². The molecule has 6 heteroatoms. The van der Waals surface area contributed by atoms with Crippen molar-refractivity contribution >= 4 is 38.2 Å². The zero-order valence-corrected chi connectivity index (χ0v) is 7.57. The van der Waals surface area contributed by atoms with Gasteiger partial charge in [-0.3, -0.25) is 0 Å². The Labute approximate surface area is 77.4 Å². The molecule has 1 N–H and O–H groups in total. The highest BCUT2D eigenvalue weighted by molar-refractivity contribution is 7.59. The minimum atomic E-state index is 0. The van der Waals surface area contributed by atoms with E-state index in [1.165, 1.54) is 6.33 Å². The van der Waals surface area contributed by atoms with Crippen LogP contribution < -0.4 is 0 Å². The third-order valence-electron chi connectivity index (χ3n) is 1.10. The standard InChI is InChI=1S/C5H4N4.2H2S/c1-4-5(8-2-6-1)9-3-7-4;;/h1-3H,(H,6,7,8,9);2*1H2. The average Bonchev–Trinajstić information content (AvgIpc) is 2.33. The van der Waals surface area contributed by atoms with Crippen LogP contribution in [0.5, 0.6) is 0 Å². The van der Waals surface area contributed by atoms with Crippen LogP contribution in [0.4, 0.5) is 0 Å². The van der Waals surface area contributed by atoms with E-state index in [0.29, 0.717) is 5.65 Å². The molecule has 0 fully saturated rings. The van der Waals surface area contributed by atoms with Crippen LogP contribution in [-0.2, 0) is 0 Å². The highest BCUT2D eigenvalue weighted by atomic mass is 32.1. The van der Waals surface area contributed by atoms with Gasteiger partial charge in [-0.1, -0.05) is 0 Å². The van der Waals surface area contributed by atoms with E-state index in [-0.39, 0.29) is 27.0 Å². The lowest BCUT2D eigenvalue weighted by Crippen LogP contribution is -1.76. The Morgan fingerprint density at radius 2 is 2.00 bits per heavy atom. The van der Waals surface area contributed by atoms with Crippen LogP contribution in [0.25, 0.3) is 11.2 Å². The van der Waals surface area contributed by atoms with Gasteiger partial charge in [-0.25, -0.2) is 15.0 Å². The number of fused-ring (bicyclic) bond motifs is 1. The monoisotopic (exact) mass is 188 g/mol. The summed E-state index contributed by atoms with van der Waals surface area (Å²) >= 11 is 0. The Bertz CT molecular complexity index is 290. The normalized spacial score (nSPS) is 8.36. The summed E-state index contributed by atoms with van der Waals surface area (Å²) in [6.45, 7) is 0. The first-order chi connectivity index (χ1) is 4.47. The molecule has 0 unspecified atom stereocenters. The third kappa shape index (κ3) is 1.84.